The number of ketones is 1. The van der Waals surface area contributed by atoms with E-state index in [-0.39, 0.29) is 25.8 Å². The van der Waals surface area contributed by atoms with E-state index in [9.17, 15) is 9.36 Å². The Morgan fingerprint density at radius 1 is 1.14 bits per heavy atom. The number of rotatable bonds is 6. The van der Waals surface area contributed by atoms with E-state index in [1.807, 2.05) is 56.3 Å². The van der Waals surface area contributed by atoms with Crippen molar-refractivity contribution in [1.82, 2.24) is 0 Å². The number of hydrogen-bond acceptors (Lipinski definition) is 2. The van der Waals surface area contributed by atoms with Crippen LogP contribution in [0.25, 0.3) is 0 Å². The molecule has 0 aromatic heterocycles. The molecule has 114 valence electrons. The minimum Gasteiger partial charge on any atom is -0.293 e. The van der Waals surface area contributed by atoms with Gasteiger partial charge in [0.25, 0.3) is 0 Å². The van der Waals surface area contributed by atoms with Gasteiger partial charge >= 0.3 is 0 Å². The number of carbonyl (C=O) groups excluding carboxylic acids is 1. The Kier molecular flexibility index (Phi) is 5.88. The van der Waals surface area contributed by atoms with Gasteiger partial charge in [-0.05, 0) is 30.5 Å². The fourth-order valence-corrected chi connectivity index (χ4v) is 3.19. The molecular formula is C18H18ClO2P. The first-order chi connectivity index (χ1) is 10.5. The fourth-order valence-electron chi connectivity index (χ4n) is 2.58. The Hall–Kier alpha value is -1.50. The first kappa shape index (κ1) is 16.9. The second kappa shape index (κ2) is 7.67. The molecule has 2 unspecified atom stereocenters. The monoisotopic (exact) mass is 332 g/mol. The normalized spacial score (nSPS) is 13.8. The molecule has 0 aliphatic carbocycles. The van der Waals surface area contributed by atoms with Crippen LogP contribution < -0.4 is 0 Å². The van der Waals surface area contributed by atoms with Crippen molar-refractivity contribution in [2.24, 2.45) is 0 Å². The highest BCUT2D eigenvalue weighted by molar-refractivity contribution is 7.24. The molecule has 0 saturated heterocycles. The highest BCUT2D eigenvalue weighted by atomic mass is 35.5. The molecule has 2 aromatic rings. The predicted octanol–water partition coefficient (Wildman–Crippen LogP) is 5.69. The molecular weight excluding hydrogens is 315 g/mol. The Labute approximate surface area is 137 Å². The van der Waals surface area contributed by atoms with Gasteiger partial charge in [-0.2, -0.15) is 0 Å². The summed E-state index contributed by atoms with van der Waals surface area (Å²) in [7, 11) is 0.0562. The first-order valence-electron chi connectivity index (χ1n) is 7.21. The Bertz CT molecular complexity index is 650. The molecule has 22 heavy (non-hydrogen) atoms. The molecule has 4 heteroatoms. The first-order valence-corrected chi connectivity index (χ1v) is 8.47. The van der Waals surface area contributed by atoms with Crippen LogP contribution in [0.15, 0.2) is 48.5 Å². The van der Waals surface area contributed by atoms with Gasteiger partial charge in [-0.1, -0.05) is 61.0 Å². The van der Waals surface area contributed by atoms with Gasteiger partial charge in [0.2, 0.25) is 0 Å². The van der Waals surface area contributed by atoms with Gasteiger partial charge in [0.1, 0.15) is 0 Å². The Balaban J connectivity index is 2.45. The molecule has 0 bridgehead atoms. The van der Waals surface area contributed by atoms with E-state index in [1.54, 1.807) is 6.07 Å². The van der Waals surface area contributed by atoms with Crippen LogP contribution in [0.4, 0.5) is 0 Å². The van der Waals surface area contributed by atoms with Crippen molar-refractivity contribution in [2.45, 2.75) is 31.8 Å². The highest BCUT2D eigenvalue weighted by Gasteiger charge is 2.26. The van der Waals surface area contributed by atoms with Crippen molar-refractivity contribution in [3.63, 3.8) is 0 Å². The molecule has 0 heterocycles. The third kappa shape index (κ3) is 3.82. The van der Waals surface area contributed by atoms with Crippen molar-refractivity contribution in [1.29, 1.82) is 0 Å². The van der Waals surface area contributed by atoms with E-state index in [2.05, 4.69) is 0 Å². The van der Waals surface area contributed by atoms with E-state index < -0.39 is 0 Å². The van der Waals surface area contributed by atoms with Gasteiger partial charge in [0.15, 0.2) is 14.2 Å². The summed E-state index contributed by atoms with van der Waals surface area (Å²) < 4.78 is 11.1. The number of benzene rings is 2. The molecule has 2 atom stereocenters. The SMILES string of the molecule is Cc1cccc(Cl)c1C(=O)C(CC(C)P=O)c1ccccc1. The number of Topliss-reactive ketones (excluding diaryl/α,β-unsaturated/α-hetero) is 1. The summed E-state index contributed by atoms with van der Waals surface area (Å²) in [5, 5.41) is 0.471. The number of carbonyl (C=O) groups is 1. The zero-order valence-corrected chi connectivity index (χ0v) is 14.3. The van der Waals surface area contributed by atoms with Crippen LogP contribution in [0.5, 0.6) is 0 Å². The molecule has 0 aliphatic heterocycles. The van der Waals surface area contributed by atoms with Gasteiger partial charge in [0.05, 0.1) is 5.02 Å². The van der Waals surface area contributed by atoms with Gasteiger partial charge < -0.3 is 0 Å². The summed E-state index contributed by atoms with van der Waals surface area (Å²) >= 11 is 6.24. The summed E-state index contributed by atoms with van der Waals surface area (Å²) in [4.78, 5) is 13.0. The molecule has 0 fully saturated rings. The molecule has 0 saturated carbocycles. The molecule has 0 amide bonds. The van der Waals surface area contributed by atoms with E-state index >= 15 is 0 Å². The van der Waals surface area contributed by atoms with Crippen molar-refractivity contribution in [3.8, 4) is 0 Å². The Morgan fingerprint density at radius 3 is 2.41 bits per heavy atom. The predicted molar refractivity (Wildman–Crippen MR) is 91.4 cm³/mol. The lowest BCUT2D eigenvalue weighted by Crippen LogP contribution is -2.17. The largest absolute Gasteiger partial charge is 0.293 e. The lowest BCUT2D eigenvalue weighted by Gasteiger charge is -2.19. The molecule has 2 aromatic carbocycles. The zero-order chi connectivity index (χ0) is 16.1. The van der Waals surface area contributed by atoms with E-state index in [1.165, 1.54) is 0 Å². The summed E-state index contributed by atoms with van der Waals surface area (Å²) in [5.74, 6) is -0.346. The van der Waals surface area contributed by atoms with Crippen LogP contribution in [-0.2, 0) is 4.57 Å². The quantitative estimate of drug-likeness (QED) is 0.503. The van der Waals surface area contributed by atoms with Crippen molar-refractivity contribution < 1.29 is 9.36 Å². The molecule has 0 spiro atoms. The molecule has 0 aliphatic rings. The van der Waals surface area contributed by atoms with E-state index in [0.717, 1.165) is 11.1 Å². The third-order valence-electron chi connectivity index (χ3n) is 3.74. The lowest BCUT2D eigenvalue weighted by molar-refractivity contribution is 0.0954. The van der Waals surface area contributed by atoms with Crippen molar-refractivity contribution in [3.05, 3.63) is 70.2 Å². The van der Waals surface area contributed by atoms with Crippen molar-refractivity contribution >= 4 is 25.8 Å². The van der Waals surface area contributed by atoms with E-state index in [4.69, 9.17) is 11.6 Å². The van der Waals surface area contributed by atoms with Crippen LogP contribution in [0.2, 0.25) is 5.02 Å². The molecule has 0 N–H and O–H groups in total. The van der Waals surface area contributed by atoms with E-state index in [0.29, 0.717) is 17.0 Å². The average Bonchev–Trinajstić information content (AvgIpc) is 2.52. The fraction of sp³-hybridized carbons (Fsp3) is 0.278. The Morgan fingerprint density at radius 2 is 1.82 bits per heavy atom. The van der Waals surface area contributed by atoms with Gasteiger partial charge in [-0.3, -0.25) is 9.36 Å². The minimum absolute atomic E-state index is 0.00944. The molecule has 2 rings (SSSR count). The topological polar surface area (TPSA) is 34.1 Å². The maximum absolute atomic E-state index is 13.0. The van der Waals surface area contributed by atoms with Gasteiger partial charge in [-0.25, -0.2) is 0 Å². The highest BCUT2D eigenvalue weighted by Crippen LogP contribution is 2.32. The summed E-state index contributed by atoms with van der Waals surface area (Å²) in [6.45, 7) is 3.76. The zero-order valence-electron chi connectivity index (χ0n) is 12.6. The van der Waals surface area contributed by atoms with Crippen LogP contribution in [0.1, 0.15) is 40.7 Å². The summed E-state index contributed by atoms with van der Waals surface area (Å²) in [6.07, 6.45) is 0.526. The maximum Gasteiger partial charge on any atom is 0.172 e. The summed E-state index contributed by atoms with van der Waals surface area (Å²) in [6, 6.07) is 15.1. The second-order valence-corrected chi connectivity index (χ2v) is 6.95. The third-order valence-corrected chi connectivity index (χ3v) is 4.63. The van der Waals surface area contributed by atoms with Crippen LogP contribution in [-0.4, -0.2) is 11.4 Å². The number of hydrogen-bond donors (Lipinski definition) is 0. The lowest BCUT2D eigenvalue weighted by atomic mass is 9.85. The van der Waals surface area contributed by atoms with Crippen LogP contribution >= 0.6 is 20.1 Å². The average molecular weight is 333 g/mol. The van der Waals surface area contributed by atoms with Crippen LogP contribution in [0.3, 0.4) is 0 Å². The van der Waals surface area contributed by atoms with Crippen molar-refractivity contribution in [2.75, 3.05) is 0 Å². The standard InChI is InChI=1S/C18H18ClO2P/c1-12-7-6-10-16(19)17(12)18(20)15(11-13(2)22-21)14-8-4-3-5-9-14/h3-10,13,15H,11H2,1-2H3. The van der Waals surface area contributed by atoms with Gasteiger partial charge in [-0.15, -0.1) is 0 Å². The second-order valence-electron chi connectivity index (χ2n) is 5.45. The van der Waals surface area contributed by atoms with Gasteiger partial charge in [0, 0.05) is 17.1 Å². The summed E-state index contributed by atoms with van der Waals surface area (Å²) in [5.41, 5.74) is 2.28. The minimum atomic E-state index is -0.337. The smallest absolute Gasteiger partial charge is 0.172 e. The molecule has 2 nitrogen and oxygen atoms in total. The molecule has 0 radical (unpaired) electrons. The maximum atomic E-state index is 13.0. The van der Waals surface area contributed by atoms with Crippen LogP contribution in [0, 0.1) is 6.92 Å². The number of aryl methyl sites for hydroxylation is 1. The number of halogens is 1.